The molecule has 0 saturated heterocycles. The second-order valence-electron chi connectivity index (χ2n) is 15.1. The van der Waals surface area contributed by atoms with Gasteiger partial charge in [-0.2, -0.15) is 0 Å². The summed E-state index contributed by atoms with van der Waals surface area (Å²) in [4.78, 5) is 56.4. The quantitative estimate of drug-likeness (QED) is 0.104. The van der Waals surface area contributed by atoms with Crippen LogP contribution in [0.5, 0.6) is 0 Å². The molecule has 8 aromatic rings. The molecule has 0 aliphatic rings. The minimum Gasteiger partial charge on any atom is -1.00 e. The van der Waals surface area contributed by atoms with Crippen molar-refractivity contribution in [2.75, 3.05) is 33.5 Å². The fraction of sp³-hybridized carbons (Fsp3) is 0.256. The van der Waals surface area contributed by atoms with Crippen molar-refractivity contribution in [3.63, 3.8) is 0 Å². The molecule has 16 heteroatoms. The van der Waals surface area contributed by atoms with Crippen LogP contribution in [0.3, 0.4) is 0 Å². The molecule has 0 aromatic carbocycles. The number of nitrogens with one attached hydrogen (secondary N) is 2. The van der Waals surface area contributed by atoms with E-state index in [1.54, 1.807) is 63.2 Å². The van der Waals surface area contributed by atoms with E-state index in [0.29, 0.717) is 22.4 Å². The van der Waals surface area contributed by atoms with Crippen LogP contribution < -0.4 is 29.6 Å². The van der Waals surface area contributed by atoms with E-state index in [2.05, 4.69) is 39.9 Å². The molecule has 0 radical (unpaired) electrons. The third-order valence-corrected chi connectivity index (χ3v) is 9.12. The van der Waals surface area contributed by atoms with Crippen molar-refractivity contribution < 1.29 is 65.4 Å². The summed E-state index contributed by atoms with van der Waals surface area (Å²) in [6, 6.07) is 15.1. The molecule has 59 heavy (non-hydrogen) atoms. The first-order valence-electron chi connectivity index (χ1n) is 18.3. The van der Waals surface area contributed by atoms with E-state index in [9.17, 15) is 14.7 Å². The number of fused-ring (bicyclic) bond motifs is 6. The van der Waals surface area contributed by atoms with Gasteiger partial charge in [-0.1, -0.05) is 27.7 Å². The first-order valence-corrected chi connectivity index (χ1v) is 18.3. The van der Waals surface area contributed by atoms with Gasteiger partial charge >= 0.3 is 41.5 Å². The zero-order valence-electron chi connectivity index (χ0n) is 34.7. The molecule has 0 unspecified atom stereocenters. The topological polar surface area (TPSA) is 222 Å². The fourth-order valence-corrected chi connectivity index (χ4v) is 5.48. The van der Waals surface area contributed by atoms with Gasteiger partial charge in [-0.3, -0.25) is 19.9 Å². The Kier molecular flexibility index (Phi) is 14.6. The summed E-state index contributed by atoms with van der Waals surface area (Å²) in [5.74, 6) is -0.873. The summed E-state index contributed by atoms with van der Waals surface area (Å²) in [6.07, 6.45) is 13.5. The van der Waals surface area contributed by atoms with Gasteiger partial charge in [-0.25, -0.2) is 19.6 Å². The second kappa shape index (κ2) is 19.4. The number of rotatable bonds is 9. The summed E-state index contributed by atoms with van der Waals surface area (Å²) < 4.78 is 10.1. The van der Waals surface area contributed by atoms with Gasteiger partial charge in [0.25, 0.3) is 0 Å². The molecule has 8 rings (SSSR count). The van der Waals surface area contributed by atoms with Crippen LogP contribution in [0, 0.1) is 10.8 Å². The molecule has 0 atom stereocenters. The minimum atomic E-state index is -0.488. The van der Waals surface area contributed by atoms with Gasteiger partial charge in [0.1, 0.15) is 11.3 Å². The average molecular weight is 809 g/mol. The number of aliphatic hydroxyl groups is 3. The Labute approximate surface area is 363 Å². The Hall–Kier alpha value is -5.68. The van der Waals surface area contributed by atoms with Crippen molar-refractivity contribution in [1.29, 1.82) is 0 Å². The van der Waals surface area contributed by atoms with E-state index in [1.165, 1.54) is 19.5 Å². The van der Waals surface area contributed by atoms with Crippen molar-refractivity contribution in [3.05, 3.63) is 109 Å². The van der Waals surface area contributed by atoms with E-state index < -0.39 is 17.4 Å². The number of nitrogens with zero attached hydrogens (tertiary/aromatic N) is 6. The van der Waals surface area contributed by atoms with Gasteiger partial charge in [0.15, 0.2) is 0 Å². The van der Waals surface area contributed by atoms with Crippen molar-refractivity contribution >= 4 is 55.8 Å². The largest absolute Gasteiger partial charge is 1.00 e. The van der Waals surface area contributed by atoms with Gasteiger partial charge in [0.2, 0.25) is 0 Å². The third kappa shape index (κ3) is 10.7. The first kappa shape index (κ1) is 44.4. The maximum Gasteiger partial charge on any atom is 1.00 e. The Balaban J connectivity index is 0.000000225. The van der Waals surface area contributed by atoms with Gasteiger partial charge in [-0.05, 0) is 48.5 Å². The van der Waals surface area contributed by atoms with E-state index in [0.717, 1.165) is 55.1 Å². The van der Waals surface area contributed by atoms with Crippen LogP contribution >= 0.6 is 0 Å². The number of methoxy groups -OCH3 is 1. The summed E-state index contributed by atoms with van der Waals surface area (Å²) in [5.41, 5.74) is 6.51. The molecule has 0 bridgehead atoms. The van der Waals surface area contributed by atoms with Crippen LogP contribution in [0.1, 0.15) is 49.8 Å². The van der Waals surface area contributed by atoms with E-state index in [1.807, 2.05) is 50.2 Å². The number of esters is 2. The molecule has 0 aliphatic carbocycles. The predicted molar refractivity (Wildman–Crippen MR) is 221 cm³/mol. The van der Waals surface area contributed by atoms with Crippen molar-refractivity contribution in [1.82, 2.24) is 39.9 Å². The number of aliphatic hydroxyl groups excluding tert-OH is 3. The number of aromatic amines is 2. The number of H-pyrrole nitrogens is 2. The number of carbonyl (C=O) groups is 2. The van der Waals surface area contributed by atoms with Gasteiger partial charge in [-0.15, -0.1) is 0 Å². The maximum atomic E-state index is 12.4. The SMILES string of the molecule is CC(C)(CO)CO.CC(C)(CO)COC(=O)c1cnc2[nH]c3cnc(-c4cccnc4)cc3c2c1.COC(=O)c1cnc2[nH]c3cnc(-c4cccnc4)cc3c2c1.[H-].[Na+]. The molecule has 8 heterocycles. The number of ether oxygens (including phenoxy) is 2. The summed E-state index contributed by atoms with van der Waals surface area (Å²) >= 11 is 0. The van der Waals surface area contributed by atoms with Crippen LogP contribution in [0.2, 0.25) is 0 Å². The zero-order chi connectivity index (χ0) is 41.5. The number of hydrogen-bond donors (Lipinski definition) is 5. The maximum absolute atomic E-state index is 12.4. The van der Waals surface area contributed by atoms with E-state index in [4.69, 9.17) is 19.7 Å². The third-order valence-electron chi connectivity index (χ3n) is 9.12. The molecular weight excluding hydrogens is 764 g/mol. The molecule has 0 amide bonds. The number of hydrogen-bond acceptors (Lipinski definition) is 13. The van der Waals surface area contributed by atoms with Crippen LogP contribution in [-0.4, -0.2) is 101 Å². The molecule has 0 aliphatic heterocycles. The van der Waals surface area contributed by atoms with E-state index >= 15 is 0 Å². The van der Waals surface area contributed by atoms with Crippen molar-refractivity contribution in [2.45, 2.75) is 27.7 Å². The fourth-order valence-electron chi connectivity index (χ4n) is 5.48. The monoisotopic (exact) mass is 808 g/mol. The predicted octanol–water partition coefficient (Wildman–Crippen LogP) is 3.42. The molecule has 15 nitrogen and oxygen atoms in total. The summed E-state index contributed by atoms with van der Waals surface area (Å²) in [7, 11) is 1.35. The molecule has 0 fully saturated rings. The summed E-state index contributed by atoms with van der Waals surface area (Å²) in [5, 5.41) is 29.7. The van der Waals surface area contributed by atoms with Gasteiger partial charge in [0.05, 0.1) is 79.5 Å². The Morgan fingerprint density at radius 3 is 1.47 bits per heavy atom. The first-order chi connectivity index (χ1) is 27.8. The molecule has 0 spiro atoms. The molecule has 0 saturated carbocycles. The number of pyridine rings is 6. The number of aromatic nitrogens is 8. The van der Waals surface area contributed by atoms with Crippen molar-refractivity contribution in [3.8, 4) is 22.5 Å². The molecule has 300 valence electrons. The molecule has 8 aromatic heterocycles. The Morgan fingerprint density at radius 1 is 0.627 bits per heavy atom. The summed E-state index contributed by atoms with van der Waals surface area (Å²) in [6.45, 7) is 7.41. The molecule has 5 N–H and O–H groups in total. The standard InChI is InChI=1S/C21H20N4O3.C17H12N4O2.C5H12O2.Na.H/c1-21(2,11-26)12-28-20(27)14-6-16-15-7-17(13-4-3-5-22-8-13)23-10-18(15)25-19(16)24-9-14;1-23-17(22)11-5-13-12-6-14(10-3-2-4-18-7-10)19-9-15(12)21-16(13)20-8-11;1-5(2,3-6)4-7;;/h3-10,26H,11-12H2,1-2H3,(H,24,25);2-9H,1H3,(H,20,21);6-7H,3-4H2,1-2H3;;/q;;;+1;-1. The van der Waals surface area contributed by atoms with Gasteiger partial charge < -0.3 is 36.2 Å². The minimum absolute atomic E-state index is 0. The van der Waals surface area contributed by atoms with Gasteiger partial charge in [0, 0.05) is 80.7 Å². The molecular formula is C43H45N8NaO7. The average Bonchev–Trinajstić information content (AvgIpc) is 3.83. The Morgan fingerprint density at radius 2 is 1.08 bits per heavy atom. The smallest absolute Gasteiger partial charge is 1.00 e. The van der Waals surface area contributed by atoms with Crippen LogP contribution in [-0.2, 0) is 9.47 Å². The zero-order valence-corrected chi connectivity index (χ0v) is 35.7. The normalized spacial score (nSPS) is 11.3. The Bertz CT molecular complexity index is 2690. The second-order valence-corrected chi connectivity index (χ2v) is 15.1. The van der Waals surface area contributed by atoms with Crippen LogP contribution in [0.15, 0.2) is 98.1 Å². The van der Waals surface area contributed by atoms with E-state index in [-0.39, 0.29) is 62.8 Å². The van der Waals surface area contributed by atoms with Crippen LogP contribution in [0.4, 0.5) is 0 Å². The van der Waals surface area contributed by atoms with Crippen molar-refractivity contribution in [2.24, 2.45) is 10.8 Å². The number of carbonyl (C=O) groups excluding carboxylic acids is 2. The van der Waals surface area contributed by atoms with Crippen LogP contribution in [0.25, 0.3) is 66.4 Å².